The van der Waals surface area contributed by atoms with Gasteiger partial charge in [0, 0.05) is 20.8 Å². The molecule has 0 spiro atoms. The van der Waals surface area contributed by atoms with Crippen molar-refractivity contribution < 1.29 is 4.42 Å². The average molecular weight is 563 g/mol. The zero-order chi connectivity index (χ0) is 26.0. The standard InChI is InChI=1S/C37H23BrO/c38-26-21-22-31-33(23-26)37(24-11-3-1-4-12-24,25-13-5-2-6-14-25)32-19-10-16-28(35(31)32)30-18-9-17-29-27-15-7-8-20-34(27)39-36(29)30/h1-23H. The Labute approximate surface area is 235 Å². The Balaban J connectivity index is 1.53. The van der Waals surface area contributed by atoms with E-state index in [1.165, 1.54) is 38.9 Å². The number of fused-ring (bicyclic) bond motifs is 6. The highest BCUT2D eigenvalue weighted by molar-refractivity contribution is 9.10. The van der Waals surface area contributed by atoms with E-state index in [-0.39, 0.29) is 0 Å². The van der Waals surface area contributed by atoms with Gasteiger partial charge in [-0.2, -0.15) is 0 Å². The Morgan fingerprint density at radius 2 is 1.13 bits per heavy atom. The van der Waals surface area contributed by atoms with Gasteiger partial charge in [0.1, 0.15) is 11.2 Å². The SMILES string of the molecule is Brc1ccc2c(c1)C(c1ccccc1)(c1ccccc1)c1cccc(-c3cccc4c3oc3ccccc34)c1-2. The lowest BCUT2D eigenvalue weighted by atomic mass is 9.67. The summed E-state index contributed by atoms with van der Waals surface area (Å²) in [5, 5.41) is 2.29. The van der Waals surface area contributed by atoms with Gasteiger partial charge in [-0.3, -0.25) is 0 Å². The smallest absolute Gasteiger partial charge is 0.143 e. The van der Waals surface area contributed by atoms with Gasteiger partial charge in [0.05, 0.1) is 5.41 Å². The fraction of sp³-hybridized carbons (Fsp3) is 0.0270. The maximum absolute atomic E-state index is 6.52. The minimum atomic E-state index is -0.450. The van der Waals surface area contributed by atoms with Gasteiger partial charge >= 0.3 is 0 Å². The van der Waals surface area contributed by atoms with Crippen LogP contribution in [0.3, 0.4) is 0 Å². The van der Waals surface area contributed by atoms with Crippen LogP contribution in [0.5, 0.6) is 0 Å². The summed E-state index contributed by atoms with van der Waals surface area (Å²) in [5.41, 5.74) is 11.3. The Kier molecular flexibility index (Phi) is 4.95. The summed E-state index contributed by atoms with van der Waals surface area (Å²) in [5.74, 6) is 0. The lowest BCUT2D eigenvalue weighted by Gasteiger charge is -2.34. The number of furan rings is 1. The molecule has 0 atom stereocenters. The van der Waals surface area contributed by atoms with Gasteiger partial charge in [-0.05, 0) is 57.1 Å². The van der Waals surface area contributed by atoms with Crippen LogP contribution in [0.4, 0.5) is 0 Å². The molecule has 1 heterocycles. The molecular formula is C37H23BrO. The molecule has 0 N–H and O–H groups in total. The van der Waals surface area contributed by atoms with Crippen LogP contribution in [0.25, 0.3) is 44.2 Å². The molecule has 0 fully saturated rings. The summed E-state index contributed by atoms with van der Waals surface area (Å²) in [6, 6.07) is 50.2. The van der Waals surface area contributed by atoms with Gasteiger partial charge in [0.2, 0.25) is 0 Å². The zero-order valence-electron chi connectivity index (χ0n) is 21.1. The van der Waals surface area contributed by atoms with Crippen molar-refractivity contribution in [2.45, 2.75) is 5.41 Å². The molecule has 6 aromatic carbocycles. The van der Waals surface area contributed by atoms with Crippen molar-refractivity contribution in [2.75, 3.05) is 0 Å². The second kappa shape index (κ2) is 8.56. The van der Waals surface area contributed by atoms with Crippen LogP contribution in [0.15, 0.2) is 148 Å². The molecule has 8 rings (SSSR count). The second-order valence-corrected chi connectivity index (χ2v) is 11.1. The van der Waals surface area contributed by atoms with Crippen molar-refractivity contribution in [1.29, 1.82) is 0 Å². The highest BCUT2D eigenvalue weighted by Gasteiger charge is 2.47. The van der Waals surface area contributed by atoms with Crippen LogP contribution in [0.2, 0.25) is 0 Å². The lowest BCUT2D eigenvalue weighted by molar-refractivity contribution is 0.670. The third kappa shape index (κ3) is 3.13. The molecule has 0 unspecified atom stereocenters. The molecule has 1 aliphatic carbocycles. The lowest BCUT2D eigenvalue weighted by Crippen LogP contribution is -2.28. The Bertz CT molecular complexity index is 1980. The molecule has 2 heteroatoms. The third-order valence-corrected chi connectivity index (χ3v) is 8.72. The molecule has 7 aromatic rings. The van der Waals surface area contributed by atoms with Gasteiger partial charge in [-0.25, -0.2) is 0 Å². The largest absolute Gasteiger partial charge is 0.455 e. The first-order valence-corrected chi connectivity index (χ1v) is 14.0. The van der Waals surface area contributed by atoms with Crippen molar-refractivity contribution in [3.8, 4) is 22.3 Å². The molecule has 0 amide bonds. The van der Waals surface area contributed by atoms with E-state index in [0.717, 1.165) is 32.0 Å². The number of rotatable bonds is 3. The Morgan fingerprint density at radius 1 is 0.487 bits per heavy atom. The minimum Gasteiger partial charge on any atom is -0.455 e. The Morgan fingerprint density at radius 3 is 1.90 bits per heavy atom. The van der Waals surface area contributed by atoms with Crippen molar-refractivity contribution in [3.63, 3.8) is 0 Å². The van der Waals surface area contributed by atoms with Gasteiger partial charge in [0.15, 0.2) is 0 Å². The highest BCUT2D eigenvalue weighted by Crippen LogP contribution is 2.59. The summed E-state index contributed by atoms with van der Waals surface area (Å²) in [7, 11) is 0. The molecular weight excluding hydrogens is 540 g/mol. The molecule has 39 heavy (non-hydrogen) atoms. The highest BCUT2D eigenvalue weighted by atomic mass is 79.9. The quantitative estimate of drug-likeness (QED) is 0.208. The van der Waals surface area contributed by atoms with E-state index in [1.807, 2.05) is 6.07 Å². The van der Waals surface area contributed by atoms with E-state index in [9.17, 15) is 0 Å². The summed E-state index contributed by atoms with van der Waals surface area (Å²) in [6.07, 6.45) is 0. The predicted octanol–water partition coefficient (Wildman–Crippen LogP) is 10.4. The number of para-hydroxylation sites is 2. The Hall–Kier alpha value is -4.40. The first-order valence-electron chi connectivity index (χ1n) is 13.2. The van der Waals surface area contributed by atoms with Crippen molar-refractivity contribution in [3.05, 3.63) is 166 Å². The monoisotopic (exact) mass is 562 g/mol. The van der Waals surface area contributed by atoms with Crippen LogP contribution in [0.1, 0.15) is 22.3 Å². The van der Waals surface area contributed by atoms with E-state index in [0.29, 0.717) is 0 Å². The van der Waals surface area contributed by atoms with Crippen LogP contribution in [-0.2, 0) is 5.41 Å². The molecule has 0 radical (unpaired) electrons. The van der Waals surface area contributed by atoms with E-state index < -0.39 is 5.41 Å². The number of hydrogen-bond donors (Lipinski definition) is 0. The molecule has 0 saturated carbocycles. The fourth-order valence-electron chi connectivity index (χ4n) is 6.69. The first kappa shape index (κ1) is 22.6. The van der Waals surface area contributed by atoms with Crippen molar-refractivity contribution in [2.24, 2.45) is 0 Å². The van der Waals surface area contributed by atoms with Crippen LogP contribution >= 0.6 is 15.9 Å². The van der Waals surface area contributed by atoms with E-state index in [2.05, 4.69) is 149 Å². The zero-order valence-corrected chi connectivity index (χ0v) is 22.7. The summed E-state index contributed by atoms with van der Waals surface area (Å²) >= 11 is 3.81. The fourth-order valence-corrected chi connectivity index (χ4v) is 7.05. The van der Waals surface area contributed by atoms with Crippen LogP contribution in [0, 0.1) is 0 Å². The van der Waals surface area contributed by atoms with Crippen LogP contribution in [-0.4, -0.2) is 0 Å². The number of halogens is 1. The van der Waals surface area contributed by atoms with Gasteiger partial charge in [-0.15, -0.1) is 0 Å². The topological polar surface area (TPSA) is 13.1 Å². The maximum atomic E-state index is 6.52. The second-order valence-electron chi connectivity index (χ2n) is 10.2. The van der Waals surface area contributed by atoms with Gasteiger partial charge < -0.3 is 4.42 Å². The molecule has 1 aliphatic rings. The van der Waals surface area contributed by atoms with Crippen molar-refractivity contribution in [1.82, 2.24) is 0 Å². The predicted molar refractivity (Wildman–Crippen MR) is 164 cm³/mol. The first-order chi connectivity index (χ1) is 19.3. The molecule has 1 aromatic heterocycles. The summed E-state index contributed by atoms with van der Waals surface area (Å²) in [6.45, 7) is 0. The molecule has 1 nitrogen and oxygen atoms in total. The average Bonchev–Trinajstić information content (AvgIpc) is 3.52. The molecule has 0 bridgehead atoms. The van der Waals surface area contributed by atoms with Gasteiger partial charge in [-0.1, -0.05) is 137 Å². The van der Waals surface area contributed by atoms with E-state index in [1.54, 1.807) is 0 Å². The van der Waals surface area contributed by atoms with Crippen LogP contribution < -0.4 is 0 Å². The number of benzene rings is 6. The maximum Gasteiger partial charge on any atom is 0.143 e. The normalized spacial score (nSPS) is 13.5. The summed E-state index contributed by atoms with van der Waals surface area (Å²) in [4.78, 5) is 0. The van der Waals surface area contributed by atoms with E-state index >= 15 is 0 Å². The number of hydrogen-bond acceptors (Lipinski definition) is 1. The van der Waals surface area contributed by atoms with Crippen molar-refractivity contribution >= 4 is 37.9 Å². The third-order valence-electron chi connectivity index (χ3n) is 8.23. The van der Waals surface area contributed by atoms with Gasteiger partial charge in [0.25, 0.3) is 0 Å². The molecule has 0 aliphatic heterocycles. The molecule has 184 valence electrons. The summed E-state index contributed by atoms with van der Waals surface area (Å²) < 4.78 is 7.59. The van der Waals surface area contributed by atoms with E-state index in [4.69, 9.17) is 4.42 Å². The molecule has 0 saturated heterocycles. The minimum absolute atomic E-state index is 0.450.